The van der Waals surface area contributed by atoms with Crippen LogP contribution >= 0.6 is 11.3 Å². The number of nitrogens with one attached hydrogen (secondary N) is 1. The molecule has 0 aliphatic carbocycles. The van der Waals surface area contributed by atoms with E-state index >= 15 is 0 Å². The molecule has 11 nitrogen and oxygen atoms in total. The van der Waals surface area contributed by atoms with Crippen molar-refractivity contribution in [3.8, 4) is 27.9 Å². The Hall–Kier alpha value is -4.60. The number of likely N-dealkylation sites (tertiary alicyclic amines) is 1. The minimum Gasteiger partial charge on any atom is -0.461 e. The van der Waals surface area contributed by atoms with E-state index in [2.05, 4.69) is 26.5 Å². The molecule has 0 spiro atoms. The number of ether oxygens (including phenoxy) is 1. The molecule has 12 heteroatoms. The van der Waals surface area contributed by atoms with Crippen molar-refractivity contribution in [2.75, 3.05) is 25.5 Å². The third kappa shape index (κ3) is 4.85. The first-order valence-electron chi connectivity index (χ1n) is 12.1. The van der Waals surface area contributed by atoms with Crippen molar-refractivity contribution in [2.45, 2.75) is 25.9 Å². The molecular formula is C27H24N6O5S. The molecule has 2 N–H and O–H groups in total. The SMILES string of the molecule is CCOC(=O)c1nc(-c2cccc(-c3cc([C@]4(O)CCN(C)C4=O)on3)c2)sc1Nc1cc(C#N)cnc1C. The van der Waals surface area contributed by atoms with Gasteiger partial charge in [-0.15, -0.1) is 0 Å². The molecule has 1 aliphatic rings. The van der Waals surface area contributed by atoms with Gasteiger partial charge in [-0.3, -0.25) is 9.78 Å². The molecule has 3 aromatic heterocycles. The number of thiazole rings is 1. The molecule has 4 aromatic rings. The largest absolute Gasteiger partial charge is 0.461 e. The van der Waals surface area contributed by atoms with E-state index < -0.39 is 17.5 Å². The zero-order chi connectivity index (χ0) is 27.7. The predicted octanol–water partition coefficient (Wildman–Crippen LogP) is 4.01. The Morgan fingerprint density at radius 1 is 1.33 bits per heavy atom. The lowest BCUT2D eigenvalue weighted by Gasteiger charge is -2.16. The molecule has 0 unspecified atom stereocenters. The summed E-state index contributed by atoms with van der Waals surface area (Å²) in [7, 11) is 1.63. The molecule has 1 amide bonds. The van der Waals surface area contributed by atoms with Crippen LogP contribution in [-0.4, -0.2) is 57.2 Å². The van der Waals surface area contributed by atoms with Gasteiger partial charge in [0.25, 0.3) is 5.91 Å². The lowest BCUT2D eigenvalue weighted by molar-refractivity contribution is -0.144. The van der Waals surface area contributed by atoms with Gasteiger partial charge in [-0.25, -0.2) is 9.78 Å². The highest BCUT2D eigenvalue weighted by Gasteiger charge is 2.48. The Bertz CT molecular complexity index is 1620. The molecule has 0 saturated carbocycles. The number of carbonyl (C=O) groups is 2. The smallest absolute Gasteiger partial charge is 0.360 e. The van der Waals surface area contributed by atoms with Gasteiger partial charge in [0.1, 0.15) is 21.8 Å². The molecule has 39 heavy (non-hydrogen) atoms. The number of pyridine rings is 1. The second kappa shape index (κ2) is 10.3. The number of carbonyl (C=O) groups excluding carboxylic acids is 2. The molecule has 198 valence electrons. The van der Waals surface area contributed by atoms with Gasteiger partial charge in [0.05, 0.1) is 23.6 Å². The first kappa shape index (κ1) is 26.0. The van der Waals surface area contributed by atoms with Gasteiger partial charge in [0.2, 0.25) is 5.60 Å². The third-order valence-electron chi connectivity index (χ3n) is 6.39. The van der Waals surface area contributed by atoms with Crippen LogP contribution in [0.3, 0.4) is 0 Å². The molecule has 0 bridgehead atoms. The molecule has 1 aromatic carbocycles. The number of nitrogens with zero attached hydrogens (tertiary/aromatic N) is 5. The minimum absolute atomic E-state index is 0.0890. The van der Waals surface area contributed by atoms with Gasteiger partial charge in [0.15, 0.2) is 11.5 Å². The summed E-state index contributed by atoms with van der Waals surface area (Å²) in [5, 5.41) is 28.4. The van der Waals surface area contributed by atoms with Crippen molar-refractivity contribution in [2.24, 2.45) is 0 Å². The van der Waals surface area contributed by atoms with E-state index in [-0.39, 0.29) is 24.5 Å². The highest BCUT2D eigenvalue weighted by molar-refractivity contribution is 7.19. The average Bonchev–Trinajstić information content (AvgIpc) is 3.66. The Morgan fingerprint density at radius 2 is 2.13 bits per heavy atom. The number of benzene rings is 1. The van der Waals surface area contributed by atoms with Crippen LogP contribution < -0.4 is 5.32 Å². The van der Waals surface area contributed by atoms with Crippen LogP contribution in [0.1, 0.15) is 40.9 Å². The van der Waals surface area contributed by atoms with Gasteiger partial charge < -0.3 is 24.6 Å². The zero-order valence-electron chi connectivity index (χ0n) is 21.4. The fourth-order valence-corrected chi connectivity index (χ4v) is 5.17. The number of likely N-dealkylation sites (N-methyl/N-ethyl adjacent to an activating group) is 1. The number of hydrogen-bond donors (Lipinski definition) is 2. The van der Waals surface area contributed by atoms with Crippen LogP contribution in [0.4, 0.5) is 10.7 Å². The van der Waals surface area contributed by atoms with Crippen LogP contribution in [0.25, 0.3) is 21.8 Å². The minimum atomic E-state index is -1.74. The summed E-state index contributed by atoms with van der Waals surface area (Å²) < 4.78 is 10.6. The van der Waals surface area contributed by atoms with Crippen molar-refractivity contribution in [1.82, 2.24) is 20.0 Å². The van der Waals surface area contributed by atoms with Crippen LogP contribution in [0, 0.1) is 18.3 Å². The number of nitriles is 1. The Morgan fingerprint density at radius 3 is 2.85 bits per heavy atom. The number of rotatable bonds is 7. The van der Waals surface area contributed by atoms with Crippen molar-refractivity contribution < 1.29 is 24.0 Å². The first-order valence-corrected chi connectivity index (χ1v) is 12.9. The second-order valence-electron chi connectivity index (χ2n) is 9.01. The highest BCUT2D eigenvalue weighted by Crippen LogP contribution is 2.38. The molecular weight excluding hydrogens is 520 g/mol. The number of aromatic nitrogens is 3. The standard InChI is InChI=1S/C27H24N6O5S/c1-4-37-25(34)22-24(30-19-10-16(13-28)14-29-15(19)2)39-23(31-22)18-7-5-6-17(11-18)20-12-21(38-32-20)27(36)8-9-33(3)26(27)35/h5-7,10-12,14,30,36H,4,8-9H2,1-3H3/t27-/m1/s1. The summed E-state index contributed by atoms with van der Waals surface area (Å²) in [6, 6.07) is 12.6. The summed E-state index contributed by atoms with van der Waals surface area (Å²) in [5.41, 5.74) is 1.79. The lowest BCUT2D eigenvalue weighted by Crippen LogP contribution is -2.35. The molecule has 1 aliphatic heterocycles. The van der Waals surface area contributed by atoms with Crippen LogP contribution in [0.2, 0.25) is 0 Å². The monoisotopic (exact) mass is 544 g/mol. The van der Waals surface area contributed by atoms with Crippen LogP contribution in [0.5, 0.6) is 0 Å². The summed E-state index contributed by atoms with van der Waals surface area (Å²) >= 11 is 1.25. The van der Waals surface area contributed by atoms with Gasteiger partial charge >= 0.3 is 5.97 Å². The van der Waals surface area contributed by atoms with Crippen molar-refractivity contribution >= 4 is 33.9 Å². The number of amides is 1. The number of esters is 1. The summed E-state index contributed by atoms with van der Waals surface area (Å²) in [5.74, 6) is -0.925. The number of hydrogen-bond acceptors (Lipinski definition) is 11. The molecule has 4 heterocycles. The molecule has 5 rings (SSSR count). The topological polar surface area (TPSA) is 154 Å². The lowest BCUT2D eigenvalue weighted by atomic mass is 9.98. The van der Waals surface area contributed by atoms with Gasteiger partial charge in [0, 0.05) is 43.4 Å². The van der Waals surface area contributed by atoms with Crippen molar-refractivity contribution in [1.29, 1.82) is 5.26 Å². The number of aliphatic hydroxyl groups is 1. The highest BCUT2D eigenvalue weighted by atomic mass is 32.1. The molecule has 1 fully saturated rings. The summed E-state index contributed by atoms with van der Waals surface area (Å²) in [6.07, 6.45) is 1.69. The summed E-state index contributed by atoms with van der Waals surface area (Å²) in [6.45, 7) is 4.11. The quantitative estimate of drug-likeness (QED) is 0.326. The maximum Gasteiger partial charge on any atom is 0.360 e. The second-order valence-corrected chi connectivity index (χ2v) is 10.0. The van der Waals surface area contributed by atoms with Crippen LogP contribution in [0.15, 0.2) is 47.1 Å². The van der Waals surface area contributed by atoms with Crippen molar-refractivity contribution in [3.05, 3.63) is 65.3 Å². The number of anilines is 2. The van der Waals surface area contributed by atoms with E-state index in [1.165, 1.54) is 22.4 Å². The van der Waals surface area contributed by atoms with E-state index in [0.717, 1.165) is 0 Å². The predicted molar refractivity (Wildman–Crippen MR) is 142 cm³/mol. The fraction of sp³-hybridized carbons (Fsp3) is 0.259. The van der Waals surface area contributed by atoms with Crippen LogP contribution in [-0.2, 0) is 15.1 Å². The maximum atomic E-state index is 12.7. The zero-order valence-corrected chi connectivity index (χ0v) is 22.2. The van der Waals surface area contributed by atoms with E-state index in [9.17, 15) is 20.0 Å². The molecule has 1 saturated heterocycles. The number of aryl methyl sites for hydroxylation is 1. The third-order valence-corrected chi connectivity index (χ3v) is 7.41. The van der Waals surface area contributed by atoms with Crippen molar-refractivity contribution in [3.63, 3.8) is 0 Å². The first-order chi connectivity index (χ1) is 18.7. The van der Waals surface area contributed by atoms with E-state index in [1.54, 1.807) is 33.0 Å². The van der Waals surface area contributed by atoms with E-state index in [0.29, 0.717) is 50.3 Å². The van der Waals surface area contributed by atoms with Gasteiger partial charge in [-0.1, -0.05) is 34.7 Å². The Labute approximate surface area is 227 Å². The molecule has 0 radical (unpaired) electrons. The normalized spacial score (nSPS) is 16.8. The average molecular weight is 545 g/mol. The molecule has 1 atom stereocenters. The Balaban J connectivity index is 1.49. The maximum absolute atomic E-state index is 12.7. The summed E-state index contributed by atoms with van der Waals surface area (Å²) in [4.78, 5) is 35.4. The van der Waals surface area contributed by atoms with E-state index in [1.807, 2.05) is 24.3 Å². The van der Waals surface area contributed by atoms with Gasteiger partial charge in [-0.05, 0) is 26.0 Å². The Kier molecular flexibility index (Phi) is 6.86. The fourth-order valence-electron chi connectivity index (χ4n) is 4.21. The van der Waals surface area contributed by atoms with Gasteiger partial charge in [-0.2, -0.15) is 5.26 Å². The van der Waals surface area contributed by atoms with E-state index in [4.69, 9.17) is 9.26 Å².